The summed E-state index contributed by atoms with van der Waals surface area (Å²) in [5.41, 5.74) is 0. The van der Waals surface area contributed by atoms with Gasteiger partial charge in [-0.15, -0.1) is 12.4 Å². The van der Waals surface area contributed by atoms with Crippen LogP contribution in [0.15, 0.2) is 24.8 Å². The molecule has 0 spiro atoms. The Morgan fingerprint density at radius 1 is 0.741 bits per heavy atom. The Balaban J connectivity index is 0.000000187. The van der Waals surface area contributed by atoms with Gasteiger partial charge in [-0.1, -0.05) is 0 Å². The molecule has 0 amide bonds. The van der Waals surface area contributed by atoms with E-state index in [4.69, 9.17) is 0 Å². The molecule has 0 saturated carbocycles. The molecule has 4 rings (SSSR count). The largest absolute Gasteiger partial charge is 0.316 e. The summed E-state index contributed by atoms with van der Waals surface area (Å²) in [5.74, 6) is 1.99. The van der Waals surface area contributed by atoms with Crippen molar-refractivity contribution in [2.75, 3.05) is 26.2 Å². The molecule has 2 aromatic rings. The molecule has 2 N–H and O–H groups in total. The molecule has 4 heterocycles. The molecule has 0 radical (unpaired) electrons. The van der Waals surface area contributed by atoms with E-state index in [9.17, 15) is 8.78 Å². The monoisotopic (exact) mass is 398 g/mol. The fourth-order valence-electron chi connectivity index (χ4n) is 3.18. The molecule has 2 saturated heterocycles. The highest BCUT2D eigenvalue weighted by atomic mass is 35.5. The first kappa shape index (κ1) is 21.5. The van der Waals surface area contributed by atoms with Crippen LogP contribution in [0.1, 0.15) is 24.5 Å². The van der Waals surface area contributed by atoms with Crippen LogP contribution in [0.2, 0.25) is 0 Å². The predicted molar refractivity (Wildman–Crippen MR) is 101 cm³/mol. The Kier molecular flexibility index (Phi) is 8.90. The zero-order valence-corrected chi connectivity index (χ0v) is 15.9. The normalized spacial score (nSPS) is 21.3. The lowest BCUT2D eigenvalue weighted by Crippen LogP contribution is -2.12. The van der Waals surface area contributed by atoms with Gasteiger partial charge < -0.3 is 10.6 Å². The third-order valence-corrected chi connectivity index (χ3v) is 4.61. The minimum Gasteiger partial charge on any atom is -0.316 e. The van der Waals surface area contributed by atoms with E-state index < -0.39 is 0 Å². The third-order valence-electron chi connectivity index (χ3n) is 4.61. The Morgan fingerprint density at radius 3 is 1.41 bits per heavy atom. The summed E-state index contributed by atoms with van der Waals surface area (Å²) < 4.78 is 24.9. The number of nitrogens with zero attached hydrogens (tertiary/aromatic N) is 4. The van der Waals surface area contributed by atoms with Gasteiger partial charge in [0.25, 0.3) is 0 Å². The molecule has 2 fully saturated rings. The lowest BCUT2D eigenvalue weighted by atomic mass is 10.1. The molecule has 148 valence electrons. The number of hydrogen-bond acceptors (Lipinski definition) is 6. The minimum absolute atomic E-state index is 0. The summed E-state index contributed by atoms with van der Waals surface area (Å²) in [4.78, 5) is 15.7. The number of hydrogen-bond donors (Lipinski definition) is 2. The number of halogens is 3. The molecule has 2 aliphatic rings. The summed E-state index contributed by atoms with van der Waals surface area (Å²) in [5, 5.41) is 6.55. The van der Waals surface area contributed by atoms with Crippen molar-refractivity contribution in [3.8, 4) is 0 Å². The number of nitrogens with one attached hydrogen (secondary N) is 2. The Hall–Kier alpha value is -1.77. The molecule has 0 aliphatic carbocycles. The summed E-state index contributed by atoms with van der Waals surface area (Å²) in [6.07, 6.45) is 8.95. The minimum atomic E-state index is -0.367. The zero-order valence-electron chi connectivity index (χ0n) is 15.1. The van der Waals surface area contributed by atoms with Crippen LogP contribution < -0.4 is 10.6 Å². The highest BCUT2D eigenvalue weighted by Gasteiger charge is 2.16. The fourth-order valence-corrected chi connectivity index (χ4v) is 3.18. The van der Waals surface area contributed by atoms with Crippen LogP contribution in [-0.4, -0.2) is 46.1 Å². The molecule has 6 nitrogen and oxygen atoms in total. The smallest absolute Gasteiger partial charge is 0.159 e. The van der Waals surface area contributed by atoms with Gasteiger partial charge in [0, 0.05) is 12.8 Å². The summed E-state index contributed by atoms with van der Waals surface area (Å²) in [7, 11) is 0. The fraction of sp³-hybridized carbons (Fsp3) is 0.556. The molecule has 2 atom stereocenters. The van der Waals surface area contributed by atoms with Crippen molar-refractivity contribution < 1.29 is 8.78 Å². The quantitative estimate of drug-likeness (QED) is 0.820. The summed E-state index contributed by atoms with van der Waals surface area (Å²) in [6, 6.07) is 0. The van der Waals surface area contributed by atoms with E-state index in [0.717, 1.165) is 50.7 Å². The van der Waals surface area contributed by atoms with Crippen molar-refractivity contribution in [2.45, 2.75) is 25.7 Å². The summed E-state index contributed by atoms with van der Waals surface area (Å²) >= 11 is 0. The zero-order chi connectivity index (χ0) is 18.2. The van der Waals surface area contributed by atoms with E-state index in [0.29, 0.717) is 11.8 Å². The Bertz CT molecular complexity index is 599. The molecular weight excluding hydrogens is 374 g/mol. The maximum Gasteiger partial charge on any atom is 0.159 e. The van der Waals surface area contributed by atoms with Crippen LogP contribution in [0, 0.1) is 23.5 Å². The molecule has 27 heavy (non-hydrogen) atoms. The van der Waals surface area contributed by atoms with Crippen molar-refractivity contribution in [3.05, 3.63) is 48.1 Å². The first-order chi connectivity index (χ1) is 12.7. The number of rotatable bonds is 4. The average molecular weight is 399 g/mol. The van der Waals surface area contributed by atoms with Gasteiger partial charge in [-0.2, -0.15) is 0 Å². The highest BCUT2D eigenvalue weighted by molar-refractivity contribution is 5.85. The summed E-state index contributed by atoms with van der Waals surface area (Å²) in [6.45, 7) is 4.21. The first-order valence-electron chi connectivity index (χ1n) is 9.03. The topological polar surface area (TPSA) is 75.6 Å². The van der Waals surface area contributed by atoms with Crippen molar-refractivity contribution in [3.63, 3.8) is 0 Å². The van der Waals surface area contributed by atoms with E-state index in [2.05, 4.69) is 30.6 Å². The second-order valence-electron chi connectivity index (χ2n) is 6.76. The molecule has 2 aromatic heterocycles. The lowest BCUT2D eigenvalue weighted by Gasteiger charge is -2.05. The third kappa shape index (κ3) is 7.40. The van der Waals surface area contributed by atoms with Gasteiger partial charge in [-0.25, -0.2) is 28.7 Å². The Morgan fingerprint density at radius 2 is 1.11 bits per heavy atom. The van der Waals surface area contributed by atoms with Crippen LogP contribution in [0.3, 0.4) is 0 Å². The molecule has 0 aromatic carbocycles. The molecule has 2 unspecified atom stereocenters. The van der Waals surface area contributed by atoms with Gasteiger partial charge in [-0.05, 0) is 50.9 Å². The van der Waals surface area contributed by atoms with Gasteiger partial charge in [0.1, 0.15) is 11.6 Å². The van der Waals surface area contributed by atoms with Crippen LogP contribution in [0.25, 0.3) is 0 Å². The van der Waals surface area contributed by atoms with Crippen LogP contribution >= 0.6 is 12.4 Å². The van der Waals surface area contributed by atoms with Gasteiger partial charge in [0.05, 0.1) is 24.8 Å². The predicted octanol–water partition coefficient (Wildman–Crippen LogP) is 1.96. The van der Waals surface area contributed by atoms with Crippen molar-refractivity contribution in [1.29, 1.82) is 0 Å². The average Bonchev–Trinajstić information content (AvgIpc) is 3.34. The molecular formula is C18H25ClF2N6. The van der Waals surface area contributed by atoms with E-state index in [-0.39, 0.29) is 24.0 Å². The first-order valence-corrected chi connectivity index (χ1v) is 9.03. The molecule has 9 heteroatoms. The molecule has 0 bridgehead atoms. The van der Waals surface area contributed by atoms with Crippen molar-refractivity contribution >= 4 is 12.4 Å². The van der Waals surface area contributed by atoms with E-state index in [1.165, 1.54) is 37.6 Å². The second kappa shape index (κ2) is 11.2. The van der Waals surface area contributed by atoms with Gasteiger partial charge >= 0.3 is 0 Å². The maximum absolute atomic E-state index is 12.5. The number of aromatic nitrogens is 4. The second-order valence-corrected chi connectivity index (χ2v) is 6.76. The molecule has 2 aliphatic heterocycles. The van der Waals surface area contributed by atoms with E-state index >= 15 is 0 Å². The van der Waals surface area contributed by atoms with Crippen molar-refractivity contribution in [1.82, 2.24) is 30.6 Å². The van der Waals surface area contributed by atoms with Gasteiger partial charge in [-0.3, -0.25) is 0 Å². The van der Waals surface area contributed by atoms with Crippen molar-refractivity contribution in [2.24, 2.45) is 11.8 Å². The lowest BCUT2D eigenvalue weighted by molar-refractivity contribution is 0.551. The van der Waals surface area contributed by atoms with Gasteiger partial charge in [0.15, 0.2) is 11.6 Å². The van der Waals surface area contributed by atoms with E-state index in [1.54, 1.807) is 0 Å². The highest BCUT2D eigenvalue weighted by Crippen LogP contribution is 2.12. The standard InChI is InChI=1S/2C9H12FN3.ClH/c2*10-8-5-12-9(13-6-8)3-7-1-2-11-4-7;/h2*5-7,11H,1-4H2;1H. The SMILES string of the molecule is Cl.Fc1cnc(CC2CCNC2)nc1.Fc1cnc(CC2CCNC2)nc1. The van der Waals surface area contributed by atoms with Gasteiger partial charge in [0.2, 0.25) is 0 Å². The van der Waals surface area contributed by atoms with Crippen LogP contribution in [0.5, 0.6) is 0 Å². The van der Waals surface area contributed by atoms with Crippen LogP contribution in [0.4, 0.5) is 8.78 Å². The maximum atomic E-state index is 12.5. The Labute approximate surface area is 164 Å². The van der Waals surface area contributed by atoms with Crippen LogP contribution in [-0.2, 0) is 12.8 Å². The van der Waals surface area contributed by atoms with E-state index in [1.807, 2.05) is 0 Å².